The van der Waals surface area contributed by atoms with E-state index in [9.17, 15) is 4.79 Å². The van der Waals surface area contributed by atoms with Gasteiger partial charge in [0.05, 0.1) is 5.69 Å². The van der Waals surface area contributed by atoms with Crippen molar-refractivity contribution in [3.05, 3.63) is 23.8 Å². The van der Waals surface area contributed by atoms with Gasteiger partial charge in [-0.25, -0.2) is 4.98 Å². The molecule has 0 aromatic carbocycles. The first-order valence-corrected chi connectivity index (χ1v) is 6.74. The highest BCUT2D eigenvalue weighted by molar-refractivity contribution is 5.91. The molecule has 0 radical (unpaired) electrons. The van der Waals surface area contributed by atoms with Crippen LogP contribution in [0.25, 0.3) is 0 Å². The van der Waals surface area contributed by atoms with Gasteiger partial charge in [-0.1, -0.05) is 6.92 Å². The molecule has 0 aliphatic carbocycles. The Morgan fingerprint density at radius 2 is 2.15 bits per heavy atom. The van der Waals surface area contributed by atoms with E-state index in [-0.39, 0.29) is 5.91 Å². The number of amides is 1. The fraction of sp³-hybridized carbons (Fsp3) is 0.538. The summed E-state index contributed by atoms with van der Waals surface area (Å²) in [6.45, 7) is 8.48. The summed E-state index contributed by atoms with van der Waals surface area (Å²) >= 11 is 0. The van der Waals surface area contributed by atoms with Crippen molar-refractivity contribution in [3.8, 4) is 0 Å². The quantitative estimate of drug-likeness (QED) is 0.901. The van der Waals surface area contributed by atoms with Crippen LogP contribution in [0.4, 0.5) is 5.95 Å². The zero-order valence-corrected chi connectivity index (χ0v) is 12.3. The summed E-state index contributed by atoms with van der Waals surface area (Å²) in [5.41, 5.74) is 1.85. The van der Waals surface area contributed by atoms with Crippen LogP contribution in [0.5, 0.6) is 0 Å². The Morgan fingerprint density at radius 3 is 2.75 bits per heavy atom. The molecule has 0 saturated heterocycles. The van der Waals surface area contributed by atoms with Gasteiger partial charge in [0.15, 0.2) is 0 Å². The molecular weight excluding hydrogens is 256 g/mol. The van der Waals surface area contributed by atoms with Crippen LogP contribution in [-0.2, 0) is 11.3 Å². The van der Waals surface area contributed by atoms with Crippen molar-refractivity contribution in [2.45, 2.75) is 46.7 Å². The molecule has 108 valence electrons. The fourth-order valence-electron chi connectivity index (χ4n) is 2.05. The van der Waals surface area contributed by atoms with Gasteiger partial charge in [-0.05, 0) is 33.3 Å². The second-order valence-electron chi connectivity index (χ2n) is 4.87. The van der Waals surface area contributed by atoms with Crippen LogP contribution in [0, 0.1) is 13.8 Å². The summed E-state index contributed by atoms with van der Waals surface area (Å²) in [4.78, 5) is 16.2. The largest absolute Gasteiger partial charge is 0.291 e. The van der Waals surface area contributed by atoms with E-state index in [4.69, 9.17) is 0 Å². The highest BCUT2D eigenvalue weighted by Gasteiger charge is 2.19. The number of hydrogen-bond acceptors (Lipinski definition) is 4. The third kappa shape index (κ3) is 3.04. The Morgan fingerprint density at radius 1 is 1.40 bits per heavy atom. The Labute approximate surface area is 118 Å². The van der Waals surface area contributed by atoms with Crippen molar-refractivity contribution >= 4 is 11.9 Å². The minimum absolute atomic E-state index is 0.176. The van der Waals surface area contributed by atoms with Crippen LogP contribution in [-0.4, -0.2) is 30.5 Å². The van der Waals surface area contributed by atoms with Crippen molar-refractivity contribution in [2.75, 3.05) is 5.32 Å². The molecule has 7 heteroatoms. The average molecular weight is 276 g/mol. The molecule has 0 aliphatic rings. The zero-order valence-electron chi connectivity index (χ0n) is 12.3. The van der Waals surface area contributed by atoms with Crippen molar-refractivity contribution in [3.63, 3.8) is 0 Å². The normalized spacial score (nSPS) is 12.4. The minimum atomic E-state index is -0.401. The molecule has 7 nitrogen and oxygen atoms in total. The molecule has 1 N–H and O–H groups in total. The summed E-state index contributed by atoms with van der Waals surface area (Å²) in [5, 5.41) is 11.2. The van der Waals surface area contributed by atoms with Gasteiger partial charge in [-0.2, -0.15) is 5.10 Å². The predicted octanol–water partition coefficient (Wildman–Crippen LogP) is 1.70. The Hall–Kier alpha value is -2.18. The molecular formula is C13H20N6O. The molecule has 2 aromatic heterocycles. The second-order valence-corrected chi connectivity index (χ2v) is 4.87. The summed E-state index contributed by atoms with van der Waals surface area (Å²) in [7, 11) is 0. The molecule has 2 heterocycles. The molecule has 0 aliphatic heterocycles. The van der Waals surface area contributed by atoms with Gasteiger partial charge in [0.1, 0.15) is 12.4 Å². The van der Waals surface area contributed by atoms with Crippen LogP contribution in [0.1, 0.15) is 37.7 Å². The van der Waals surface area contributed by atoms with E-state index in [1.54, 1.807) is 22.6 Å². The Balaban J connectivity index is 2.05. The SMILES string of the molecule is CCCn1cnc(NC(=O)[C@H](C)n2nc(C)cc2C)n1. The number of carbonyl (C=O) groups is 1. The second kappa shape index (κ2) is 5.85. The van der Waals surface area contributed by atoms with Crippen molar-refractivity contribution in [2.24, 2.45) is 0 Å². The van der Waals surface area contributed by atoms with Crippen molar-refractivity contribution < 1.29 is 4.79 Å². The number of hydrogen-bond donors (Lipinski definition) is 1. The van der Waals surface area contributed by atoms with Crippen molar-refractivity contribution in [1.29, 1.82) is 0 Å². The van der Waals surface area contributed by atoms with E-state index >= 15 is 0 Å². The average Bonchev–Trinajstić information content (AvgIpc) is 2.95. The molecule has 0 saturated carbocycles. The molecule has 1 atom stereocenters. The van der Waals surface area contributed by atoms with Gasteiger partial charge in [-0.3, -0.25) is 19.5 Å². The maximum Gasteiger partial charge on any atom is 0.251 e. The van der Waals surface area contributed by atoms with Crippen LogP contribution in [0.15, 0.2) is 12.4 Å². The van der Waals surface area contributed by atoms with E-state index in [1.807, 2.05) is 19.9 Å². The molecule has 0 fully saturated rings. The first kappa shape index (κ1) is 14.2. The lowest BCUT2D eigenvalue weighted by molar-refractivity contribution is -0.119. The number of rotatable bonds is 5. The van der Waals surface area contributed by atoms with Crippen LogP contribution in [0.2, 0.25) is 0 Å². The first-order chi connectivity index (χ1) is 9.51. The number of nitrogens with one attached hydrogen (secondary N) is 1. The smallest absolute Gasteiger partial charge is 0.251 e. The minimum Gasteiger partial charge on any atom is -0.291 e. The van der Waals surface area contributed by atoms with Gasteiger partial charge >= 0.3 is 0 Å². The standard InChI is InChI=1S/C13H20N6O/c1-5-6-18-8-14-13(17-18)15-12(20)11(4)19-10(3)7-9(2)16-19/h7-8,11H,5-6H2,1-4H3,(H,15,17,20)/t11-/m0/s1. The number of aryl methyl sites for hydroxylation is 3. The zero-order chi connectivity index (χ0) is 14.7. The summed E-state index contributed by atoms with van der Waals surface area (Å²) in [5.74, 6) is 0.155. The Bertz CT molecular complexity index is 600. The number of aromatic nitrogens is 5. The lowest BCUT2D eigenvalue weighted by Crippen LogP contribution is -2.25. The molecule has 0 bridgehead atoms. The van der Waals surface area contributed by atoms with E-state index in [0.717, 1.165) is 24.4 Å². The van der Waals surface area contributed by atoms with Gasteiger partial charge in [-0.15, -0.1) is 5.10 Å². The molecule has 2 rings (SSSR count). The number of carbonyl (C=O) groups excluding carboxylic acids is 1. The number of anilines is 1. The monoisotopic (exact) mass is 276 g/mol. The molecule has 2 aromatic rings. The van der Waals surface area contributed by atoms with Gasteiger partial charge in [0.25, 0.3) is 5.91 Å². The summed E-state index contributed by atoms with van der Waals surface area (Å²) in [6.07, 6.45) is 2.59. The van der Waals surface area contributed by atoms with E-state index in [1.165, 1.54) is 0 Å². The van der Waals surface area contributed by atoms with E-state index < -0.39 is 6.04 Å². The van der Waals surface area contributed by atoms with Crippen LogP contribution >= 0.6 is 0 Å². The third-order valence-corrected chi connectivity index (χ3v) is 3.02. The van der Waals surface area contributed by atoms with Gasteiger partial charge in [0, 0.05) is 12.2 Å². The highest BCUT2D eigenvalue weighted by Crippen LogP contribution is 2.12. The predicted molar refractivity (Wildman–Crippen MR) is 75.4 cm³/mol. The Kier molecular flexibility index (Phi) is 4.16. The molecule has 20 heavy (non-hydrogen) atoms. The van der Waals surface area contributed by atoms with Crippen LogP contribution in [0.3, 0.4) is 0 Å². The summed E-state index contributed by atoms with van der Waals surface area (Å²) in [6, 6.07) is 1.54. The van der Waals surface area contributed by atoms with Gasteiger partial charge < -0.3 is 0 Å². The lowest BCUT2D eigenvalue weighted by atomic mass is 10.3. The number of nitrogens with zero attached hydrogens (tertiary/aromatic N) is 5. The molecule has 1 amide bonds. The lowest BCUT2D eigenvalue weighted by Gasteiger charge is -2.12. The van der Waals surface area contributed by atoms with E-state index in [0.29, 0.717) is 5.95 Å². The first-order valence-electron chi connectivity index (χ1n) is 6.74. The molecule has 0 unspecified atom stereocenters. The fourth-order valence-corrected chi connectivity index (χ4v) is 2.05. The van der Waals surface area contributed by atoms with Gasteiger partial charge in [0.2, 0.25) is 5.95 Å². The summed E-state index contributed by atoms with van der Waals surface area (Å²) < 4.78 is 3.41. The topological polar surface area (TPSA) is 77.6 Å². The van der Waals surface area contributed by atoms with Crippen LogP contribution < -0.4 is 5.32 Å². The van der Waals surface area contributed by atoms with E-state index in [2.05, 4.69) is 27.4 Å². The molecule has 0 spiro atoms. The highest BCUT2D eigenvalue weighted by atomic mass is 16.2. The van der Waals surface area contributed by atoms with Crippen molar-refractivity contribution in [1.82, 2.24) is 24.5 Å². The maximum absolute atomic E-state index is 12.2. The maximum atomic E-state index is 12.2. The third-order valence-electron chi connectivity index (χ3n) is 3.02.